The molecule has 0 heterocycles. The average molecular weight is 301 g/mol. The molecule has 0 spiro atoms. The van der Waals surface area contributed by atoms with Crippen molar-refractivity contribution in [3.8, 4) is 0 Å². The van der Waals surface area contributed by atoms with Gasteiger partial charge in [0.2, 0.25) is 0 Å². The molecule has 1 nitrogen and oxygen atoms in total. The van der Waals surface area contributed by atoms with E-state index in [1.54, 1.807) is 12.2 Å². The van der Waals surface area contributed by atoms with Crippen LogP contribution >= 0.6 is 15.9 Å². The Morgan fingerprint density at radius 3 is 2.06 bits per heavy atom. The van der Waals surface area contributed by atoms with Gasteiger partial charge >= 0.3 is 0 Å². The van der Waals surface area contributed by atoms with E-state index in [2.05, 4.69) is 36.0 Å². The van der Waals surface area contributed by atoms with E-state index in [0.717, 1.165) is 16.5 Å². The van der Waals surface area contributed by atoms with Crippen molar-refractivity contribution in [1.29, 1.82) is 0 Å². The van der Waals surface area contributed by atoms with Crippen molar-refractivity contribution in [3.05, 3.63) is 47.5 Å². The van der Waals surface area contributed by atoms with Crippen LogP contribution in [0.15, 0.2) is 47.5 Å². The second-order valence-electron chi connectivity index (χ2n) is 4.37. The smallest absolute Gasteiger partial charge is 0.0482 e. The lowest BCUT2D eigenvalue weighted by molar-refractivity contribution is 0.155. The third-order valence-corrected chi connectivity index (χ3v) is 3.35. The number of hydrogen-bond donors (Lipinski definition) is 1. The van der Waals surface area contributed by atoms with E-state index in [4.69, 9.17) is 5.11 Å². The molecule has 0 bridgehead atoms. The van der Waals surface area contributed by atoms with Crippen LogP contribution in [0.5, 0.6) is 0 Å². The van der Waals surface area contributed by atoms with E-state index in [1.807, 2.05) is 32.9 Å². The quantitative estimate of drug-likeness (QED) is 0.709. The Morgan fingerprint density at radius 1 is 1.35 bits per heavy atom. The number of aliphatic hydroxyl groups is 1. The molecule has 0 rings (SSSR count). The van der Waals surface area contributed by atoms with Gasteiger partial charge in [-0.3, -0.25) is 0 Å². The van der Waals surface area contributed by atoms with Crippen LogP contribution in [0.4, 0.5) is 0 Å². The van der Waals surface area contributed by atoms with Gasteiger partial charge in [0.15, 0.2) is 0 Å². The first kappa shape index (κ1) is 18.8. The van der Waals surface area contributed by atoms with E-state index in [1.165, 1.54) is 0 Å². The van der Waals surface area contributed by atoms with Crippen LogP contribution in [0.25, 0.3) is 0 Å². The molecular weight excluding hydrogens is 276 g/mol. The molecule has 98 valence electrons. The van der Waals surface area contributed by atoms with Crippen molar-refractivity contribution in [1.82, 2.24) is 0 Å². The SMILES string of the molecule is C=C/C=C(C=C)\C(Br)=C/C.CCC(C)(C)CO. The Labute approximate surface area is 115 Å². The molecule has 17 heavy (non-hydrogen) atoms. The maximum absolute atomic E-state index is 8.59. The Kier molecular flexibility index (Phi) is 11.6. The fourth-order valence-electron chi connectivity index (χ4n) is 0.651. The van der Waals surface area contributed by atoms with Gasteiger partial charge in [-0.15, -0.1) is 0 Å². The van der Waals surface area contributed by atoms with Crippen molar-refractivity contribution in [2.75, 3.05) is 6.61 Å². The molecule has 0 aliphatic heterocycles. The molecule has 2 heteroatoms. The highest BCUT2D eigenvalue weighted by Gasteiger charge is 2.11. The molecule has 0 aromatic heterocycles. The third-order valence-electron chi connectivity index (χ3n) is 2.43. The summed E-state index contributed by atoms with van der Waals surface area (Å²) in [6.07, 6.45) is 8.44. The summed E-state index contributed by atoms with van der Waals surface area (Å²) in [6.45, 7) is 15.7. The van der Waals surface area contributed by atoms with Crippen molar-refractivity contribution >= 4 is 15.9 Å². The largest absolute Gasteiger partial charge is 0.396 e. The molecule has 0 radical (unpaired) electrons. The molecule has 0 amide bonds. The lowest BCUT2D eigenvalue weighted by Gasteiger charge is -2.17. The summed E-state index contributed by atoms with van der Waals surface area (Å²) in [4.78, 5) is 0. The number of rotatable bonds is 5. The maximum atomic E-state index is 8.59. The second-order valence-corrected chi connectivity index (χ2v) is 5.23. The summed E-state index contributed by atoms with van der Waals surface area (Å²) in [5.41, 5.74) is 1.19. The first-order valence-electron chi connectivity index (χ1n) is 5.76. The van der Waals surface area contributed by atoms with E-state index >= 15 is 0 Å². The summed E-state index contributed by atoms with van der Waals surface area (Å²) in [5, 5.41) is 8.59. The van der Waals surface area contributed by atoms with E-state index in [9.17, 15) is 0 Å². The molecule has 0 unspecified atom stereocenters. The Bertz CT molecular complexity index is 279. The number of halogens is 1. The van der Waals surface area contributed by atoms with Gasteiger partial charge in [-0.05, 0) is 24.3 Å². The fraction of sp³-hybridized carbons (Fsp3) is 0.467. The number of hydrogen-bond acceptors (Lipinski definition) is 1. The van der Waals surface area contributed by atoms with Crippen LogP contribution in [0, 0.1) is 5.41 Å². The molecule has 1 N–H and O–H groups in total. The Balaban J connectivity index is 0. The van der Waals surface area contributed by atoms with Crippen LogP contribution in [0.2, 0.25) is 0 Å². The van der Waals surface area contributed by atoms with Gasteiger partial charge in [0, 0.05) is 11.1 Å². The molecule has 0 saturated carbocycles. The molecule has 0 aliphatic carbocycles. The fourth-order valence-corrected chi connectivity index (χ4v) is 0.945. The van der Waals surface area contributed by atoms with E-state index in [-0.39, 0.29) is 5.41 Å². The van der Waals surface area contributed by atoms with Crippen molar-refractivity contribution in [2.24, 2.45) is 5.41 Å². The molecule has 0 fully saturated rings. The van der Waals surface area contributed by atoms with Crippen molar-refractivity contribution < 1.29 is 5.11 Å². The lowest BCUT2D eigenvalue weighted by atomic mass is 9.92. The highest BCUT2D eigenvalue weighted by atomic mass is 79.9. The van der Waals surface area contributed by atoms with Gasteiger partial charge in [0.05, 0.1) is 0 Å². The summed E-state index contributed by atoms with van der Waals surface area (Å²) in [5.74, 6) is 0. The maximum Gasteiger partial charge on any atom is 0.0482 e. The van der Waals surface area contributed by atoms with Crippen LogP contribution in [-0.2, 0) is 0 Å². The van der Waals surface area contributed by atoms with Gasteiger partial charge < -0.3 is 5.11 Å². The highest BCUT2D eigenvalue weighted by Crippen LogP contribution is 2.17. The minimum absolute atomic E-state index is 0.139. The minimum Gasteiger partial charge on any atom is -0.396 e. The Hall–Kier alpha value is -0.600. The monoisotopic (exact) mass is 300 g/mol. The summed E-state index contributed by atoms with van der Waals surface area (Å²) in [6, 6.07) is 0. The average Bonchev–Trinajstić information content (AvgIpc) is 2.35. The van der Waals surface area contributed by atoms with Crippen molar-refractivity contribution in [3.63, 3.8) is 0 Å². The highest BCUT2D eigenvalue weighted by molar-refractivity contribution is 9.12. The van der Waals surface area contributed by atoms with Gasteiger partial charge in [0.1, 0.15) is 0 Å². The first-order valence-corrected chi connectivity index (χ1v) is 6.56. The van der Waals surface area contributed by atoms with Crippen LogP contribution in [0.3, 0.4) is 0 Å². The normalized spacial score (nSPS) is 12.6. The zero-order valence-corrected chi connectivity index (χ0v) is 13.0. The van der Waals surface area contributed by atoms with Crippen LogP contribution < -0.4 is 0 Å². The Morgan fingerprint density at radius 2 is 1.88 bits per heavy atom. The summed E-state index contributed by atoms with van der Waals surface area (Å²) < 4.78 is 1.04. The van der Waals surface area contributed by atoms with Crippen molar-refractivity contribution in [2.45, 2.75) is 34.1 Å². The molecule has 0 saturated heterocycles. The predicted molar refractivity (Wildman–Crippen MR) is 82.3 cm³/mol. The molecule has 0 atom stereocenters. The molecular formula is C15H25BrO. The number of aliphatic hydroxyl groups excluding tert-OH is 1. The van der Waals surface area contributed by atoms with Gasteiger partial charge in [-0.25, -0.2) is 0 Å². The van der Waals surface area contributed by atoms with E-state index in [0.29, 0.717) is 6.61 Å². The third kappa shape index (κ3) is 10.3. The second kappa shape index (κ2) is 10.5. The zero-order valence-electron chi connectivity index (χ0n) is 11.5. The summed E-state index contributed by atoms with van der Waals surface area (Å²) in [7, 11) is 0. The molecule has 0 aromatic carbocycles. The first-order chi connectivity index (χ1) is 7.88. The van der Waals surface area contributed by atoms with Gasteiger partial charge in [-0.2, -0.15) is 0 Å². The van der Waals surface area contributed by atoms with Gasteiger partial charge in [-0.1, -0.05) is 74.2 Å². The molecule has 0 aliphatic rings. The summed E-state index contributed by atoms with van der Waals surface area (Å²) >= 11 is 3.38. The predicted octanol–water partition coefficient (Wildman–Crippen LogP) is 5.00. The zero-order chi connectivity index (χ0) is 13.9. The van der Waals surface area contributed by atoms with Gasteiger partial charge in [0.25, 0.3) is 0 Å². The standard InChI is InChI=1S/C9H11Br.C6H14O/c1-4-7-8(5-2)9(10)6-3;1-4-6(2,3)5-7/h4-7H,1-2H2,3H3;7H,4-5H2,1-3H3/b8-7-,9-6+;. The van der Waals surface area contributed by atoms with Crippen LogP contribution in [0.1, 0.15) is 34.1 Å². The molecule has 0 aromatic rings. The van der Waals surface area contributed by atoms with Crippen LogP contribution in [-0.4, -0.2) is 11.7 Å². The lowest BCUT2D eigenvalue weighted by Crippen LogP contribution is -2.14. The van der Waals surface area contributed by atoms with E-state index < -0.39 is 0 Å². The minimum atomic E-state index is 0.139. The number of allylic oxidation sites excluding steroid dienone is 6. The topological polar surface area (TPSA) is 20.2 Å².